The highest BCUT2D eigenvalue weighted by molar-refractivity contribution is 5.79. The number of ketones is 1. The Kier molecular flexibility index (Phi) is 10.7. The van der Waals surface area contributed by atoms with Gasteiger partial charge in [0.15, 0.2) is 11.6 Å². The third kappa shape index (κ3) is 9.03. The predicted octanol–water partition coefficient (Wildman–Crippen LogP) is 4.88. The maximum Gasteiger partial charge on any atom is 0.168 e. The number of carbonyl (C=O) groups is 1. The smallest absolute Gasteiger partial charge is 0.168 e. The molecule has 0 fully saturated rings. The average Bonchev–Trinajstić information content (AvgIpc) is 2.55. The zero-order valence-corrected chi connectivity index (χ0v) is 19.3. The maximum absolute atomic E-state index is 11.9. The number of hydrogen-bond donors (Lipinski definition) is 1. The molecule has 0 aromatic rings. The Bertz CT molecular complexity index is 440. The molecule has 0 amide bonds. The summed E-state index contributed by atoms with van der Waals surface area (Å²) >= 11 is 0. The Morgan fingerprint density at radius 1 is 1.00 bits per heavy atom. The molecule has 0 aliphatic heterocycles. The van der Waals surface area contributed by atoms with Gasteiger partial charge < -0.3 is 19.3 Å². The molecule has 0 aromatic heterocycles. The van der Waals surface area contributed by atoms with Crippen molar-refractivity contribution in [1.29, 1.82) is 0 Å². The number of aliphatic hydroxyl groups is 1. The van der Waals surface area contributed by atoms with Crippen LogP contribution in [0.5, 0.6) is 0 Å². The molecule has 0 saturated heterocycles. The Balaban J connectivity index is 5.11. The van der Waals surface area contributed by atoms with Crippen LogP contribution in [0.15, 0.2) is 0 Å². The van der Waals surface area contributed by atoms with Crippen LogP contribution in [-0.4, -0.2) is 46.7 Å². The summed E-state index contributed by atoms with van der Waals surface area (Å²) in [5.74, 6) is -1.51. The fourth-order valence-electron chi connectivity index (χ4n) is 3.03. The van der Waals surface area contributed by atoms with Crippen molar-refractivity contribution in [2.24, 2.45) is 5.92 Å². The van der Waals surface area contributed by atoms with Crippen LogP contribution in [0.2, 0.25) is 0 Å². The van der Waals surface area contributed by atoms with Gasteiger partial charge in [-0.1, -0.05) is 27.7 Å². The van der Waals surface area contributed by atoms with E-state index in [-0.39, 0.29) is 36.1 Å². The minimum Gasteiger partial charge on any atom is -0.372 e. The third-order valence-corrected chi connectivity index (χ3v) is 5.38. The van der Waals surface area contributed by atoms with Crippen LogP contribution in [0.3, 0.4) is 0 Å². The molecule has 5 atom stereocenters. The van der Waals surface area contributed by atoms with Crippen molar-refractivity contribution in [1.82, 2.24) is 0 Å². The van der Waals surface area contributed by atoms with Gasteiger partial charge in [-0.2, -0.15) is 0 Å². The molecule has 0 spiro atoms. The summed E-state index contributed by atoms with van der Waals surface area (Å²) in [6.45, 7) is 19.6. The molecule has 0 aliphatic carbocycles. The van der Waals surface area contributed by atoms with E-state index in [9.17, 15) is 9.90 Å². The zero-order valence-electron chi connectivity index (χ0n) is 19.3. The molecular formula is C22H44O5. The molecule has 0 radical (unpaired) electrons. The van der Waals surface area contributed by atoms with Gasteiger partial charge in [0, 0.05) is 12.3 Å². The highest BCUT2D eigenvalue weighted by Gasteiger charge is 2.42. The van der Waals surface area contributed by atoms with E-state index >= 15 is 0 Å². The first-order valence-electron chi connectivity index (χ1n) is 10.5. The van der Waals surface area contributed by atoms with E-state index in [0.29, 0.717) is 12.8 Å². The Morgan fingerprint density at radius 3 is 1.96 bits per heavy atom. The van der Waals surface area contributed by atoms with Gasteiger partial charge >= 0.3 is 0 Å². The normalized spacial score (nSPS) is 20.4. The van der Waals surface area contributed by atoms with Gasteiger partial charge in [0.1, 0.15) is 6.61 Å². The second-order valence-corrected chi connectivity index (χ2v) is 9.02. The molecule has 0 aliphatic rings. The molecule has 5 unspecified atom stereocenters. The molecule has 0 rings (SSSR count). The molecule has 5 heteroatoms. The Hall–Kier alpha value is -0.490. The van der Waals surface area contributed by atoms with Crippen LogP contribution >= 0.6 is 0 Å². The summed E-state index contributed by atoms with van der Waals surface area (Å²) < 4.78 is 18.1. The lowest BCUT2D eigenvalue weighted by Crippen LogP contribution is -2.52. The summed E-state index contributed by atoms with van der Waals surface area (Å²) in [4.78, 5) is 11.9. The summed E-state index contributed by atoms with van der Waals surface area (Å²) in [6.07, 6.45) is 2.27. The van der Waals surface area contributed by atoms with Crippen LogP contribution < -0.4 is 0 Å². The molecule has 1 N–H and O–H groups in total. The SMILES string of the molecule is CCCC(=O)COC(C)(CC)C(C)OC(C)(O)C(C)C(CC)OC(C)(C)C. The number of hydrogen-bond acceptors (Lipinski definition) is 5. The quantitative estimate of drug-likeness (QED) is 0.455. The first kappa shape index (κ1) is 26.5. The lowest BCUT2D eigenvalue weighted by atomic mass is 9.91. The van der Waals surface area contributed by atoms with E-state index in [1.54, 1.807) is 6.92 Å². The molecular weight excluding hydrogens is 344 g/mol. The van der Waals surface area contributed by atoms with Crippen LogP contribution in [0.4, 0.5) is 0 Å². The second kappa shape index (κ2) is 10.9. The van der Waals surface area contributed by atoms with Gasteiger partial charge in [0.25, 0.3) is 0 Å². The summed E-state index contributed by atoms with van der Waals surface area (Å²) in [5.41, 5.74) is -0.947. The Labute approximate surface area is 167 Å². The second-order valence-electron chi connectivity index (χ2n) is 9.02. The minimum atomic E-state index is -1.38. The third-order valence-electron chi connectivity index (χ3n) is 5.38. The number of ether oxygens (including phenoxy) is 3. The van der Waals surface area contributed by atoms with Gasteiger partial charge in [-0.15, -0.1) is 0 Å². The number of Topliss-reactive ketones (excluding diaryl/α,β-unsaturated/α-hetero) is 1. The van der Waals surface area contributed by atoms with Gasteiger partial charge in [-0.3, -0.25) is 4.79 Å². The molecule has 0 aromatic carbocycles. The molecule has 0 bridgehead atoms. The van der Waals surface area contributed by atoms with E-state index in [4.69, 9.17) is 14.2 Å². The summed E-state index contributed by atoms with van der Waals surface area (Å²) in [5, 5.41) is 11.0. The minimum absolute atomic E-state index is 0.0777. The van der Waals surface area contributed by atoms with Gasteiger partial charge in [0.05, 0.1) is 23.4 Å². The summed E-state index contributed by atoms with van der Waals surface area (Å²) in [6, 6.07) is 0. The largest absolute Gasteiger partial charge is 0.372 e. The van der Waals surface area contributed by atoms with E-state index in [1.807, 2.05) is 62.3 Å². The van der Waals surface area contributed by atoms with E-state index in [1.165, 1.54) is 0 Å². The van der Waals surface area contributed by atoms with Crippen molar-refractivity contribution in [3.63, 3.8) is 0 Å². The van der Waals surface area contributed by atoms with Gasteiger partial charge in [-0.05, 0) is 60.8 Å². The standard InChI is InChI=1S/C22H44O5/c1-11-14-18(23)15-25-21(9,13-3)17(5)26-22(10,24)16(4)19(12-2)27-20(6,7)8/h16-17,19,24H,11-15H2,1-10H3. The highest BCUT2D eigenvalue weighted by Crippen LogP contribution is 2.33. The molecule has 27 heavy (non-hydrogen) atoms. The van der Waals surface area contributed by atoms with Gasteiger partial charge in [-0.25, -0.2) is 0 Å². The zero-order chi connectivity index (χ0) is 21.5. The lowest BCUT2D eigenvalue weighted by Gasteiger charge is -2.43. The van der Waals surface area contributed by atoms with E-state index in [2.05, 4.69) is 0 Å². The van der Waals surface area contributed by atoms with Crippen LogP contribution in [0.1, 0.15) is 94.9 Å². The fraction of sp³-hybridized carbons (Fsp3) is 0.955. The highest BCUT2D eigenvalue weighted by atomic mass is 16.6. The van der Waals surface area contributed by atoms with Gasteiger partial charge in [0.2, 0.25) is 0 Å². The van der Waals surface area contributed by atoms with Crippen LogP contribution in [-0.2, 0) is 19.0 Å². The van der Waals surface area contributed by atoms with Crippen LogP contribution in [0, 0.1) is 5.92 Å². The van der Waals surface area contributed by atoms with E-state index in [0.717, 1.165) is 12.8 Å². The molecule has 0 heterocycles. The maximum atomic E-state index is 11.9. The van der Waals surface area contributed by atoms with Crippen molar-refractivity contribution in [3.8, 4) is 0 Å². The first-order valence-corrected chi connectivity index (χ1v) is 10.5. The first-order chi connectivity index (χ1) is 12.2. The number of carbonyl (C=O) groups excluding carboxylic acids is 1. The summed E-state index contributed by atoms with van der Waals surface area (Å²) in [7, 11) is 0. The topological polar surface area (TPSA) is 65.0 Å². The average molecular weight is 389 g/mol. The fourth-order valence-corrected chi connectivity index (χ4v) is 3.03. The van der Waals surface area contributed by atoms with Crippen molar-refractivity contribution in [2.45, 2.75) is 124 Å². The van der Waals surface area contributed by atoms with Crippen molar-refractivity contribution in [3.05, 3.63) is 0 Å². The predicted molar refractivity (Wildman–Crippen MR) is 110 cm³/mol. The van der Waals surface area contributed by atoms with Crippen molar-refractivity contribution >= 4 is 5.78 Å². The van der Waals surface area contributed by atoms with Crippen LogP contribution in [0.25, 0.3) is 0 Å². The lowest BCUT2D eigenvalue weighted by molar-refractivity contribution is -0.293. The Morgan fingerprint density at radius 2 is 1.56 bits per heavy atom. The number of rotatable bonds is 13. The molecule has 162 valence electrons. The van der Waals surface area contributed by atoms with E-state index < -0.39 is 11.4 Å². The molecule has 0 saturated carbocycles. The van der Waals surface area contributed by atoms with Crippen molar-refractivity contribution in [2.75, 3.05) is 6.61 Å². The molecule has 5 nitrogen and oxygen atoms in total. The van der Waals surface area contributed by atoms with Crippen molar-refractivity contribution < 1.29 is 24.1 Å². The monoisotopic (exact) mass is 388 g/mol.